The van der Waals surface area contributed by atoms with Crippen LogP contribution < -0.4 is 10.6 Å². The highest BCUT2D eigenvalue weighted by atomic mass is 35.5. The van der Waals surface area contributed by atoms with Gasteiger partial charge in [0, 0.05) is 49.4 Å². The molecule has 1 unspecified atom stereocenters. The number of fused-ring (bicyclic) bond motifs is 1. The third-order valence-electron chi connectivity index (χ3n) is 8.88. The van der Waals surface area contributed by atoms with Gasteiger partial charge in [0.25, 0.3) is 11.8 Å². The van der Waals surface area contributed by atoms with E-state index in [-0.39, 0.29) is 43.9 Å². The van der Waals surface area contributed by atoms with Gasteiger partial charge < -0.3 is 29.9 Å². The highest BCUT2D eigenvalue weighted by Crippen LogP contribution is 2.30. The average Bonchev–Trinajstić information content (AvgIpc) is 3.44. The number of benzene rings is 3. The molecule has 3 aromatic carbocycles. The van der Waals surface area contributed by atoms with Crippen molar-refractivity contribution in [2.45, 2.75) is 71.3 Å². The Morgan fingerprint density at radius 3 is 2.50 bits per heavy atom. The topological polar surface area (TPSA) is 155 Å². The molecule has 2 aliphatic rings. The lowest BCUT2D eigenvalue weighted by atomic mass is 10.0. The van der Waals surface area contributed by atoms with E-state index in [4.69, 9.17) is 21.1 Å². The molecule has 1 fully saturated rings. The van der Waals surface area contributed by atoms with Crippen molar-refractivity contribution in [3.05, 3.63) is 99.1 Å². The van der Waals surface area contributed by atoms with Gasteiger partial charge in [0.1, 0.15) is 11.6 Å². The normalized spacial score (nSPS) is 15.5. The summed E-state index contributed by atoms with van der Waals surface area (Å²) in [4.78, 5) is 82.0. The third kappa shape index (κ3) is 9.91. The maximum absolute atomic E-state index is 13.6. The van der Waals surface area contributed by atoms with E-state index in [1.165, 1.54) is 15.9 Å². The van der Waals surface area contributed by atoms with Crippen molar-refractivity contribution in [2.75, 3.05) is 31.1 Å². The van der Waals surface area contributed by atoms with Crippen LogP contribution in [0.3, 0.4) is 0 Å². The van der Waals surface area contributed by atoms with E-state index in [1.807, 2.05) is 12.3 Å². The van der Waals surface area contributed by atoms with Gasteiger partial charge in [-0.25, -0.2) is 19.3 Å². The number of carbonyl (C=O) groups is 6. The van der Waals surface area contributed by atoms with Crippen LogP contribution in [0.5, 0.6) is 0 Å². The molecular weight excluding hydrogens is 734 g/mol. The Morgan fingerprint density at radius 2 is 1.78 bits per heavy atom. The Labute approximate surface area is 323 Å². The number of aryl methyl sites for hydroxylation is 1. The minimum Gasteiger partial charge on any atom is -0.444 e. The summed E-state index contributed by atoms with van der Waals surface area (Å²) in [5, 5.41) is 6.18. The molecular formula is C39H44ClN5O8S. The summed E-state index contributed by atoms with van der Waals surface area (Å²) < 4.78 is 10.9. The molecule has 54 heavy (non-hydrogen) atoms. The molecule has 13 nitrogen and oxygen atoms in total. The summed E-state index contributed by atoms with van der Waals surface area (Å²) in [6.45, 7) is 4.99. The van der Waals surface area contributed by atoms with Crippen LogP contribution in [0.25, 0.3) is 0 Å². The maximum atomic E-state index is 13.6. The standard InChI is InChI=1S/C39H44ClN5O8S/c1-39(2,3)53-38(51)43(4)21-26-8-6-7-9-30(26)36(49)52-23-45-33(46)15-14-32(35(45)48)44-22-27-18-24(10-13-29(27)34(44)47)20-41-37(50)42-28-12-11-25(16-17-54-5)31(40)19-28/h6-13,18-19,32H,14-17,20-23H2,1-5H3,(H2,41,42,50). The number of likely N-dealkylation sites (tertiary alicyclic amines) is 1. The number of rotatable bonds is 12. The molecule has 5 rings (SSSR count). The molecule has 0 aromatic heterocycles. The molecule has 286 valence electrons. The summed E-state index contributed by atoms with van der Waals surface area (Å²) >= 11 is 8.12. The molecule has 1 atom stereocenters. The van der Waals surface area contributed by atoms with E-state index >= 15 is 0 Å². The monoisotopic (exact) mass is 777 g/mol. The Hall–Kier alpha value is -5.08. The number of esters is 1. The number of ether oxygens (including phenoxy) is 2. The number of imide groups is 1. The second kappa shape index (κ2) is 17.4. The van der Waals surface area contributed by atoms with Gasteiger partial charge >= 0.3 is 18.1 Å². The minimum absolute atomic E-state index is 0.0264. The minimum atomic E-state index is -0.942. The SMILES string of the molecule is CSCCc1ccc(NC(=O)NCc2ccc3c(c2)CN(C2CCC(=O)N(COC(=O)c4ccccc4CN(C)C(=O)OC(C)(C)C)C2=O)C3=O)cc1Cl. The van der Waals surface area contributed by atoms with E-state index in [0.29, 0.717) is 27.4 Å². The summed E-state index contributed by atoms with van der Waals surface area (Å²) in [7, 11) is 1.54. The number of anilines is 1. The van der Waals surface area contributed by atoms with Crippen molar-refractivity contribution < 1.29 is 38.2 Å². The van der Waals surface area contributed by atoms with Gasteiger partial charge in [0.2, 0.25) is 5.91 Å². The number of piperidine rings is 1. The van der Waals surface area contributed by atoms with E-state index in [9.17, 15) is 28.8 Å². The number of carbonyl (C=O) groups excluding carboxylic acids is 6. The Bertz CT molecular complexity index is 1950. The van der Waals surface area contributed by atoms with Crippen LogP contribution in [-0.4, -0.2) is 87.9 Å². The number of thioether (sulfide) groups is 1. The fourth-order valence-electron chi connectivity index (χ4n) is 6.12. The fraction of sp³-hybridized carbons (Fsp3) is 0.385. The zero-order valence-corrected chi connectivity index (χ0v) is 32.5. The summed E-state index contributed by atoms with van der Waals surface area (Å²) in [6, 6.07) is 15.8. The molecule has 0 bridgehead atoms. The molecule has 0 aliphatic carbocycles. The Kier molecular flexibility index (Phi) is 12.9. The second-order valence-corrected chi connectivity index (χ2v) is 15.4. The van der Waals surface area contributed by atoms with Crippen molar-refractivity contribution in [3.8, 4) is 0 Å². The van der Waals surface area contributed by atoms with Gasteiger partial charge in [-0.05, 0) is 92.1 Å². The molecule has 15 heteroatoms. The Balaban J connectivity index is 1.17. The lowest BCUT2D eigenvalue weighted by Gasteiger charge is -2.35. The molecule has 2 aliphatic heterocycles. The lowest BCUT2D eigenvalue weighted by molar-refractivity contribution is -0.156. The number of urea groups is 1. The third-order valence-corrected chi connectivity index (χ3v) is 9.84. The molecule has 1 saturated heterocycles. The van der Waals surface area contributed by atoms with E-state index in [2.05, 4.69) is 10.6 Å². The lowest BCUT2D eigenvalue weighted by Crippen LogP contribution is -2.55. The molecule has 0 radical (unpaired) electrons. The van der Waals surface area contributed by atoms with Crippen molar-refractivity contribution in [3.63, 3.8) is 0 Å². The average molecular weight is 778 g/mol. The molecule has 2 N–H and O–H groups in total. The van der Waals surface area contributed by atoms with Crippen molar-refractivity contribution in [2.24, 2.45) is 0 Å². The molecule has 6 amide bonds. The maximum Gasteiger partial charge on any atom is 0.410 e. The van der Waals surface area contributed by atoms with Crippen LogP contribution in [0.1, 0.15) is 76.6 Å². The quantitative estimate of drug-likeness (QED) is 0.161. The van der Waals surface area contributed by atoms with Crippen LogP contribution in [0, 0.1) is 0 Å². The van der Waals surface area contributed by atoms with Crippen LogP contribution in [0.2, 0.25) is 5.02 Å². The number of hydrogen-bond acceptors (Lipinski definition) is 9. The first-order valence-electron chi connectivity index (χ1n) is 17.4. The molecule has 0 saturated carbocycles. The largest absolute Gasteiger partial charge is 0.444 e. The zero-order valence-electron chi connectivity index (χ0n) is 30.9. The highest BCUT2D eigenvalue weighted by molar-refractivity contribution is 7.98. The number of hydrogen-bond donors (Lipinski definition) is 2. The first-order chi connectivity index (χ1) is 25.6. The highest BCUT2D eigenvalue weighted by Gasteiger charge is 2.43. The fourth-order valence-corrected chi connectivity index (χ4v) is 6.82. The van der Waals surface area contributed by atoms with Gasteiger partial charge in [-0.2, -0.15) is 11.8 Å². The van der Waals surface area contributed by atoms with Gasteiger partial charge in [-0.1, -0.05) is 48.0 Å². The number of amides is 6. The van der Waals surface area contributed by atoms with Crippen molar-refractivity contribution in [1.82, 2.24) is 20.0 Å². The predicted molar refractivity (Wildman–Crippen MR) is 205 cm³/mol. The second-order valence-electron chi connectivity index (χ2n) is 14.1. The Morgan fingerprint density at radius 1 is 1.02 bits per heavy atom. The van der Waals surface area contributed by atoms with Gasteiger partial charge in [-0.3, -0.25) is 14.4 Å². The summed E-state index contributed by atoms with van der Waals surface area (Å²) in [5.74, 6) is -1.36. The van der Waals surface area contributed by atoms with E-state index in [1.54, 1.807) is 88.1 Å². The first kappa shape index (κ1) is 40.1. The number of nitrogens with one attached hydrogen (secondary N) is 2. The number of halogens is 1. The van der Waals surface area contributed by atoms with Crippen LogP contribution >= 0.6 is 23.4 Å². The molecule has 0 spiro atoms. The zero-order chi connectivity index (χ0) is 39.2. The molecule has 3 aromatic rings. The van der Waals surface area contributed by atoms with E-state index in [0.717, 1.165) is 28.2 Å². The van der Waals surface area contributed by atoms with Crippen molar-refractivity contribution >= 4 is 64.9 Å². The van der Waals surface area contributed by atoms with Crippen LogP contribution in [0.15, 0.2) is 60.7 Å². The van der Waals surface area contributed by atoms with Gasteiger partial charge in [-0.15, -0.1) is 0 Å². The number of nitrogens with zero attached hydrogens (tertiary/aromatic N) is 3. The smallest absolute Gasteiger partial charge is 0.410 e. The van der Waals surface area contributed by atoms with Crippen molar-refractivity contribution in [1.29, 1.82) is 0 Å². The summed E-state index contributed by atoms with van der Waals surface area (Å²) in [5.41, 5.74) is 3.38. The predicted octanol–water partition coefficient (Wildman–Crippen LogP) is 6.22. The van der Waals surface area contributed by atoms with Crippen LogP contribution in [0.4, 0.5) is 15.3 Å². The summed E-state index contributed by atoms with van der Waals surface area (Å²) in [6.07, 6.45) is 2.39. The van der Waals surface area contributed by atoms with Gasteiger partial charge in [0.15, 0.2) is 6.73 Å². The van der Waals surface area contributed by atoms with Crippen LogP contribution in [-0.2, 0) is 45.1 Å². The van der Waals surface area contributed by atoms with E-state index < -0.39 is 48.3 Å². The first-order valence-corrected chi connectivity index (χ1v) is 19.2. The molecule has 2 heterocycles. The van der Waals surface area contributed by atoms with Gasteiger partial charge in [0.05, 0.1) is 5.56 Å².